The minimum atomic E-state index is -0.250. The van der Waals surface area contributed by atoms with Crippen molar-refractivity contribution in [1.82, 2.24) is 4.98 Å². The van der Waals surface area contributed by atoms with Crippen molar-refractivity contribution < 1.29 is 14.3 Å². The number of halogens is 1. The minimum absolute atomic E-state index is 0.250. The number of anilines is 1. The van der Waals surface area contributed by atoms with Crippen LogP contribution in [0.4, 0.5) is 5.69 Å². The molecule has 1 aromatic carbocycles. The van der Waals surface area contributed by atoms with E-state index in [1.54, 1.807) is 24.3 Å². The van der Waals surface area contributed by atoms with Gasteiger partial charge in [-0.15, -0.1) is 0 Å². The number of carbonyl (C=O) groups is 1. The molecule has 0 saturated carbocycles. The quantitative estimate of drug-likeness (QED) is 0.860. The molecule has 0 radical (unpaired) electrons. The van der Waals surface area contributed by atoms with Gasteiger partial charge >= 0.3 is 0 Å². The van der Waals surface area contributed by atoms with Gasteiger partial charge in [0.1, 0.15) is 12.4 Å². The van der Waals surface area contributed by atoms with Gasteiger partial charge in [0.15, 0.2) is 0 Å². The van der Waals surface area contributed by atoms with Crippen LogP contribution in [0.15, 0.2) is 54.3 Å². The molecule has 0 saturated heterocycles. The third-order valence-electron chi connectivity index (χ3n) is 3.37. The first-order chi connectivity index (χ1) is 11.6. The molecule has 24 heavy (non-hydrogen) atoms. The molecule has 0 atom stereocenters. The topological polar surface area (TPSA) is 60.5 Å². The molecule has 0 unspecified atom stereocenters. The predicted molar refractivity (Wildman–Crippen MR) is 93.5 cm³/mol. The van der Waals surface area contributed by atoms with E-state index in [1.807, 2.05) is 18.2 Å². The Bertz CT molecular complexity index is 814. The Morgan fingerprint density at radius 1 is 1.38 bits per heavy atom. The summed E-state index contributed by atoms with van der Waals surface area (Å²) in [6, 6.07) is 8.84. The fraction of sp³-hybridized carbons (Fsp3) is 0.111. The van der Waals surface area contributed by atoms with Crippen molar-refractivity contribution in [3.8, 4) is 11.6 Å². The molecule has 6 heteroatoms. The molecule has 1 aromatic heterocycles. The van der Waals surface area contributed by atoms with E-state index in [-0.39, 0.29) is 5.91 Å². The maximum atomic E-state index is 12.0. The molecule has 2 aromatic rings. The Kier molecular flexibility index (Phi) is 4.82. The lowest BCUT2D eigenvalue weighted by atomic mass is 10.1. The zero-order chi connectivity index (χ0) is 16.9. The highest BCUT2D eigenvalue weighted by molar-refractivity contribution is 6.30. The number of methoxy groups -OCH3 is 1. The summed E-state index contributed by atoms with van der Waals surface area (Å²) < 4.78 is 10.6. The molecule has 1 aliphatic rings. The number of fused-ring (bicyclic) bond motifs is 1. The van der Waals surface area contributed by atoms with Crippen LogP contribution in [0.2, 0.25) is 5.02 Å². The van der Waals surface area contributed by atoms with Crippen LogP contribution >= 0.6 is 11.6 Å². The molecule has 1 N–H and O–H groups in total. The highest BCUT2D eigenvalue weighted by Gasteiger charge is 2.10. The zero-order valence-electron chi connectivity index (χ0n) is 13.0. The monoisotopic (exact) mass is 342 g/mol. The number of benzene rings is 1. The van der Waals surface area contributed by atoms with Gasteiger partial charge in [-0.05, 0) is 35.9 Å². The van der Waals surface area contributed by atoms with Gasteiger partial charge in [0.2, 0.25) is 11.8 Å². The standard InChI is InChI=1S/C18H15ClN2O3/c1-23-18-7-4-15(10-20-18)21-17(22)6-2-12-8-13-9-14(19)3-5-16(13)24-11-12/h2-10H,11H2,1H3,(H,21,22). The summed E-state index contributed by atoms with van der Waals surface area (Å²) in [5.74, 6) is 1.02. The number of nitrogens with zero attached hydrogens (tertiary/aromatic N) is 1. The highest BCUT2D eigenvalue weighted by atomic mass is 35.5. The maximum absolute atomic E-state index is 12.0. The van der Waals surface area contributed by atoms with Crippen LogP contribution in [0.25, 0.3) is 6.08 Å². The largest absolute Gasteiger partial charge is 0.488 e. The zero-order valence-corrected chi connectivity index (χ0v) is 13.7. The predicted octanol–water partition coefficient (Wildman–Crippen LogP) is 3.71. The summed E-state index contributed by atoms with van der Waals surface area (Å²) >= 11 is 5.98. The van der Waals surface area contributed by atoms with Crippen LogP contribution in [0.3, 0.4) is 0 Å². The molecular formula is C18H15ClN2O3. The molecule has 1 amide bonds. The van der Waals surface area contributed by atoms with Crippen molar-refractivity contribution in [2.75, 3.05) is 19.0 Å². The molecule has 0 fully saturated rings. The number of carbonyl (C=O) groups excluding carboxylic acids is 1. The van der Waals surface area contributed by atoms with Crippen LogP contribution in [0.1, 0.15) is 5.56 Å². The lowest BCUT2D eigenvalue weighted by Crippen LogP contribution is -2.10. The van der Waals surface area contributed by atoms with Gasteiger partial charge in [0.25, 0.3) is 0 Å². The van der Waals surface area contributed by atoms with Crippen LogP contribution in [0, 0.1) is 0 Å². The van der Waals surface area contributed by atoms with Crippen molar-refractivity contribution in [3.63, 3.8) is 0 Å². The van der Waals surface area contributed by atoms with Crippen LogP contribution in [-0.4, -0.2) is 24.6 Å². The van der Waals surface area contributed by atoms with E-state index in [2.05, 4.69) is 10.3 Å². The molecule has 1 aliphatic heterocycles. The van der Waals surface area contributed by atoms with Crippen LogP contribution in [0.5, 0.6) is 11.6 Å². The van der Waals surface area contributed by atoms with E-state index in [1.165, 1.54) is 19.4 Å². The lowest BCUT2D eigenvalue weighted by Gasteiger charge is -2.16. The minimum Gasteiger partial charge on any atom is -0.488 e. The van der Waals surface area contributed by atoms with Gasteiger partial charge in [-0.25, -0.2) is 4.98 Å². The van der Waals surface area contributed by atoms with Gasteiger partial charge in [-0.1, -0.05) is 17.7 Å². The molecule has 5 nitrogen and oxygen atoms in total. The summed E-state index contributed by atoms with van der Waals surface area (Å²) in [4.78, 5) is 16.0. The van der Waals surface area contributed by atoms with Crippen molar-refractivity contribution in [2.24, 2.45) is 0 Å². The molecule has 122 valence electrons. The average molecular weight is 343 g/mol. The Morgan fingerprint density at radius 3 is 3.00 bits per heavy atom. The van der Waals surface area contributed by atoms with Crippen molar-refractivity contribution in [3.05, 3.63) is 64.8 Å². The normalized spacial score (nSPS) is 13.0. The smallest absolute Gasteiger partial charge is 0.248 e. The molecular weight excluding hydrogens is 328 g/mol. The highest BCUT2D eigenvalue weighted by Crippen LogP contribution is 2.29. The van der Waals surface area contributed by atoms with E-state index in [0.717, 1.165) is 16.9 Å². The fourth-order valence-corrected chi connectivity index (χ4v) is 2.38. The van der Waals surface area contributed by atoms with E-state index in [0.29, 0.717) is 23.2 Å². The summed E-state index contributed by atoms with van der Waals surface area (Å²) in [5, 5.41) is 3.37. The second-order valence-electron chi connectivity index (χ2n) is 5.10. The first-order valence-electron chi connectivity index (χ1n) is 7.26. The Morgan fingerprint density at radius 2 is 2.25 bits per heavy atom. The third-order valence-corrected chi connectivity index (χ3v) is 3.60. The maximum Gasteiger partial charge on any atom is 0.248 e. The summed E-state index contributed by atoms with van der Waals surface area (Å²) in [5.41, 5.74) is 2.37. The third kappa shape index (κ3) is 3.94. The van der Waals surface area contributed by atoms with Gasteiger partial charge < -0.3 is 14.8 Å². The summed E-state index contributed by atoms with van der Waals surface area (Å²) in [7, 11) is 1.54. The number of ether oxygens (including phenoxy) is 2. The number of amides is 1. The Balaban J connectivity index is 1.65. The first-order valence-corrected chi connectivity index (χ1v) is 7.64. The first kappa shape index (κ1) is 16.1. The van der Waals surface area contributed by atoms with E-state index in [4.69, 9.17) is 21.1 Å². The summed E-state index contributed by atoms with van der Waals surface area (Å²) in [6.07, 6.45) is 6.65. The summed E-state index contributed by atoms with van der Waals surface area (Å²) in [6.45, 7) is 0.405. The SMILES string of the molecule is COc1ccc(NC(=O)C=CC2=Cc3cc(Cl)ccc3OC2)cn1. The van der Waals surface area contributed by atoms with Crippen LogP contribution in [-0.2, 0) is 4.79 Å². The van der Waals surface area contributed by atoms with Crippen molar-refractivity contribution in [2.45, 2.75) is 0 Å². The fourth-order valence-electron chi connectivity index (χ4n) is 2.20. The second-order valence-corrected chi connectivity index (χ2v) is 5.54. The Labute approximate surface area is 144 Å². The van der Waals surface area contributed by atoms with Crippen molar-refractivity contribution in [1.29, 1.82) is 0 Å². The van der Waals surface area contributed by atoms with Gasteiger partial charge in [-0.2, -0.15) is 0 Å². The van der Waals surface area contributed by atoms with Crippen LogP contribution < -0.4 is 14.8 Å². The number of nitrogens with one attached hydrogen (secondary N) is 1. The lowest BCUT2D eigenvalue weighted by molar-refractivity contribution is -0.111. The second kappa shape index (κ2) is 7.19. The van der Waals surface area contributed by atoms with Crippen molar-refractivity contribution >= 4 is 29.3 Å². The average Bonchev–Trinajstić information content (AvgIpc) is 2.60. The van der Waals surface area contributed by atoms with Gasteiger partial charge in [0, 0.05) is 22.7 Å². The van der Waals surface area contributed by atoms with Gasteiger partial charge in [-0.3, -0.25) is 4.79 Å². The molecule has 0 aliphatic carbocycles. The number of rotatable bonds is 4. The Hall–Kier alpha value is -2.79. The molecule has 2 heterocycles. The van der Waals surface area contributed by atoms with E-state index < -0.39 is 0 Å². The number of hydrogen-bond acceptors (Lipinski definition) is 4. The van der Waals surface area contributed by atoms with E-state index >= 15 is 0 Å². The molecule has 0 spiro atoms. The number of pyridine rings is 1. The number of aromatic nitrogens is 1. The van der Waals surface area contributed by atoms with Gasteiger partial charge in [0.05, 0.1) is 19.0 Å². The van der Waals surface area contributed by atoms with E-state index in [9.17, 15) is 4.79 Å². The number of hydrogen-bond donors (Lipinski definition) is 1. The molecule has 3 rings (SSSR count). The molecule has 0 bridgehead atoms.